The first-order valence-corrected chi connectivity index (χ1v) is 4.95. The Balaban J connectivity index is 2.91. The van der Waals surface area contributed by atoms with Crippen LogP contribution in [0.2, 0.25) is 0 Å². The number of aliphatic carboxylic acids is 1. The van der Waals surface area contributed by atoms with Crippen molar-refractivity contribution >= 4 is 5.97 Å². The first kappa shape index (κ1) is 14.3. The molecule has 7 heteroatoms. The summed E-state index contributed by atoms with van der Waals surface area (Å²) >= 11 is 0. The molecule has 0 fully saturated rings. The third-order valence-corrected chi connectivity index (χ3v) is 2.18. The number of ether oxygens (including phenoxy) is 1. The maximum absolute atomic E-state index is 11.9. The summed E-state index contributed by atoms with van der Waals surface area (Å²) < 4.78 is 39.5. The molecule has 0 aliphatic heterocycles. The molecule has 0 radical (unpaired) electrons. The number of likely N-dealkylation sites (N-methyl/N-ethyl adjacent to an activating group) is 1. The van der Waals surface area contributed by atoms with E-state index < -0.39 is 18.4 Å². The van der Waals surface area contributed by atoms with Crippen molar-refractivity contribution < 1.29 is 27.8 Å². The molecule has 0 aromatic heterocycles. The monoisotopic (exact) mass is 263 g/mol. The van der Waals surface area contributed by atoms with Crippen LogP contribution in [0.15, 0.2) is 24.3 Å². The summed E-state index contributed by atoms with van der Waals surface area (Å²) in [7, 11) is 3.14. The van der Waals surface area contributed by atoms with Crippen molar-refractivity contribution in [3.05, 3.63) is 29.8 Å². The van der Waals surface area contributed by atoms with Crippen molar-refractivity contribution in [1.29, 1.82) is 0 Å². The molecular formula is C11H12F3NO3. The van der Waals surface area contributed by atoms with Gasteiger partial charge >= 0.3 is 12.3 Å². The summed E-state index contributed by atoms with van der Waals surface area (Å²) in [6, 6.07) is 3.84. The molecule has 4 nitrogen and oxygen atoms in total. The van der Waals surface area contributed by atoms with E-state index in [1.54, 1.807) is 14.1 Å². The zero-order chi connectivity index (χ0) is 13.9. The van der Waals surface area contributed by atoms with Gasteiger partial charge in [0.25, 0.3) is 0 Å². The molecule has 1 N–H and O–H groups in total. The summed E-state index contributed by atoms with van der Waals surface area (Å²) in [6.45, 7) is 0. The Morgan fingerprint density at radius 3 is 2.11 bits per heavy atom. The molecule has 0 aliphatic carbocycles. The predicted molar refractivity (Wildman–Crippen MR) is 57.2 cm³/mol. The zero-order valence-corrected chi connectivity index (χ0v) is 9.73. The maximum Gasteiger partial charge on any atom is 0.573 e. The van der Waals surface area contributed by atoms with Crippen molar-refractivity contribution in [3.8, 4) is 5.75 Å². The second-order valence-electron chi connectivity index (χ2n) is 3.82. The van der Waals surface area contributed by atoms with Crippen molar-refractivity contribution in [3.63, 3.8) is 0 Å². The maximum atomic E-state index is 11.9. The molecule has 1 aromatic rings. The third-order valence-electron chi connectivity index (χ3n) is 2.18. The molecule has 0 amide bonds. The molecule has 0 aliphatic rings. The first-order chi connectivity index (χ1) is 8.20. The van der Waals surface area contributed by atoms with Gasteiger partial charge in [-0.15, -0.1) is 13.2 Å². The second kappa shape index (κ2) is 5.26. The van der Waals surface area contributed by atoms with E-state index >= 15 is 0 Å². The van der Waals surface area contributed by atoms with E-state index in [-0.39, 0.29) is 5.75 Å². The van der Waals surface area contributed by atoms with E-state index in [0.29, 0.717) is 5.56 Å². The average Bonchev–Trinajstić information content (AvgIpc) is 2.17. The van der Waals surface area contributed by atoms with Gasteiger partial charge in [0, 0.05) is 0 Å². The molecule has 18 heavy (non-hydrogen) atoms. The van der Waals surface area contributed by atoms with Crippen LogP contribution < -0.4 is 4.74 Å². The number of carboxylic acids is 1. The minimum Gasteiger partial charge on any atom is -0.480 e. The highest BCUT2D eigenvalue weighted by Crippen LogP contribution is 2.25. The first-order valence-electron chi connectivity index (χ1n) is 4.95. The van der Waals surface area contributed by atoms with E-state index in [0.717, 1.165) is 12.1 Å². The Morgan fingerprint density at radius 2 is 1.78 bits per heavy atom. The largest absolute Gasteiger partial charge is 0.573 e. The van der Waals surface area contributed by atoms with E-state index in [4.69, 9.17) is 5.11 Å². The molecule has 1 aromatic carbocycles. The lowest BCUT2D eigenvalue weighted by Gasteiger charge is -2.20. The third kappa shape index (κ3) is 3.92. The Morgan fingerprint density at radius 1 is 1.28 bits per heavy atom. The summed E-state index contributed by atoms with van der Waals surface area (Å²) in [5.41, 5.74) is 0.377. The fraction of sp³-hybridized carbons (Fsp3) is 0.364. The van der Waals surface area contributed by atoms with E-state index in [2.05, 4.69) is 4.74 Å². The lowest BCUT2D eigenvalue weighted by Crippen LogP contribution is -2.27. The van der Waals surface area contributed by atoms with Crippen LogP contribution in [0.3, 0.4) is 0 Å². The van der Waals surface area contributed by atoms with Gasteiger partial charge in [-0.1, -0.05) is 12.1 Å². The van der Waals surface area contributed by atoms with Crippen molar-refractivity contribution in [1.82, 2.24) is 4.90 Å². The number of alkyl halides is 3. The molecule has 1 atom stereocenters. The minimum atomic E-state index is -4.75. The van der Waals surface area contributed by atoms with Crippen LogP contribution in [0.4, 0.5) is 13.2 Å². The number of hydrogen-bond donors (Lipinski definition) is 1. The number of carboxylic acid groups (broad SMARTS) is 1. The average molecular weight is 263 g/mol. The van der Waals surface area contributed by atoms with Crippen LogP contribution in [0.1, 0.15) is 11.6 Å². The number of nitrogens with zero attached hydrogens (tertiary/aromatic N) is 1. The van der Waals surface area contributed by atoms with Crippen LogP contribution in [0, 0.1) is 0 Å². The molecule has 0 bridgehead atoms. The summed E-state index contributed by atoms with van der Waals surface area (Å²) in [5, 5.41) is 9.00. The SMILES string of the molecule is CN(C)[C@H](C(=O)O)c1ccc(OC(F)(F)F)cc1. The molecule has 1 rings (SSSR count). The quantitative estimate of drug-likeness (QED) is 0.905. The normalized spacial score (nSPS) is 13.4. The van der Waals surface area contributed by atoms with Gasteiger partial charge in [0.15, 0.2) is 0 Å². The molecule has 100 valence electrons. The van der Waals surface area contributed by atoms with E-state index in [9.17, 15) is 18.0 Å². The Labute approximate surface area is 102 Å². The minimum absolute atomic E-state index is 0.377. The van der Waals surface area contributed by atoms with Crippen LogP contribution in [-0.2, 0) is 4.79 Å². The van der Waals surface area contributed by atoms with E-state index in [1.165, 1.54) is 17.0 Å². The fourth-order valence-electron chi connectivity index (χ4n) is 1.51. The van der Waals surface area contributed by atoms with Gasteiger partial charge in [-0.25, -0.2) is 0 Å². The molecular weight excluding hydrogens is 251 g/mol. The number of rotatable bonds is 4. The number of halogens is 3. The van der Waals surface area contributed by atoms with Gasteiger partial charge in [0.2, 0.25) is 0 Å². The molecule has 0 spiro atoms. The number of hydrogen-bond acceptors (Lipinski definition) is 3. The van der Waals surface area contributed by atoms with Crippen molar-refractivity contribution in [2.45, 2.75) is 12.4 Å². The highest BCUT2D eigenvalue weighted by Gasteiger charge is 2.31. The van der Waals surface area contributed by atoms with Crippen LogP contribution in [0.25, 0.3) is 0 Å². The van der Waals surface area contributed by atoms with Gasteiger partial charge in [-0.2, -0.15) is 0 Å². The fourth-order valence-corrected chi connectivity index (χ4v) is 1.51. The number of carbonyl (C=O) groups is 1. The topological polar surface area (TPSA) is 49.8 Å². The van der Waals surface area contributed by atoms with Gasteiger partial charge in [0.1, 0.15) is 11.8 Å². The van der Waals surface area contributed by atoms with Crippen molar-refractivity contribution in [2.75, 3.05) is 14.1 Å². The number of benzene rings is 1. The Bertz CT molecular complexity index is 415. The highest BCUT2D eigenvalue weighted by molar-refractivity contribution is 5.75. The Kier molecular flexibility index (Phi) is 4.18. The van der Waals surface area contributed by atoms with Gasteiger partial charge in [0.05, 0.1) is 0 Å². The summed E-state index contributed by atoms with van der Waals surface area (Å²) in [4.78, 5) is 12.4. The van der Waals surface area contributed by atoms with Gasteiger partial charge in [-0.05, 0) is 31.8 Å². The zero-order valence-electron chi connectivity index (χ0n) is 9.73. The lowest BCUT2D eigenvalue weighted by molar-refractivity contribution is -0.274. The highest BCUT2D eigenvalue weighted by atomic mass is 19.4. The van der Waals surface area contributed by atoms with Crippen LogP contribution >= 0.6 is 0 Å². The second-order valence-corrected chi connectivity index (χ2v) is 3.82. The van der Waals surface area contributed by atoms with Crippen LogP contribution in [0.5, 0.6) is 5.75 Å². The molecule has 0 saturated heterocycles. The lowest BCUT2D eigenvalue weighted by atomic mass is 10.1. The van der Waals surface area contributed by atoms with Crippen molar-refractivity contribution in [2.24, 2.45) is 0 Å². The molecule has 0 unspecified atom stereocenters. The van der Waals surface area contributed by atoms with Gasteiger partial charge < -0.3 is 9.84 Å². The van der Waals surface area contributed by atoms with E-state index in [1.807, 2.05) is 0 Å². The summed E-state index contributed by atoms with van der Waals surface area (Å²) in [5.74, 6) is -1.46. The summed E-state index contributed by atoms with van der Waals surface area (Å²) in [6.07, 6.45) is -4.75. The molecule has 0 heterocycles. The van der Waals surface area contributed by atoms with Gasteiger partial charge in [-0.3, -0.25) is 9.69 Å². The molecule has 0 saturated carbocycles. The smallest absolute Gasteiger partial charge is 0.480 e. The Hall–Kier alpha value is -1.76. The predicted octanol–water partition coefficient (Wildman–Crippen LogP) is 2.27. The standard InChI is InChI=1S/C11H12F3NO3/c1-15(2)9(10(16)17)7-3-5-8(6-4-7)18-11(12,13)14/h3-6,9H,1-2H3,(H,16,17)/t9-/m0/s1. The van der Waals surface area contributed by atoms with Crippen LogP contribution in [-0.4, -0.2) is 36.4 Å².